The van der Waals surface area contributed by atoms with Crippen molar-refractivity contribution in [1.82, 2.24) is 10.3 Å². The molecular formula is C29H34N4O5S2. The van der Waals surface area contributed by atoms with E-state index in [4.69, 9.17) is 10.5 Å². The van der Waals surface area contributed by atoms with Gasteiger partial charge >= 0.3 is 5.97 Å². The number of amides is 1. The zero-order chi connectivity index (χ0) is 28.9. The highest BCUT2D eigenvalue weighted by molar-refractivity contribution is 8.14. The number of benzene rings is 1. The maximum atomic E-state index is 13.3. The van der Waals surface area contributed by atoms with Crippen LogP contribution in [0.2, 0.25) is 0 Å². The molecule has 11 heteroatoms. The van der Waals surface area contributed by atoms with Crippen LogP contribution in [0, 0.1) is 5.92 Å². The number of thioether (sulfide) groups is 1. The van der Waals surface area contributed by atoms with Gasteiger partial charge in [0.15, 0.2) is 0 Å². The lowest BCUT2D eigenvalue weighted by molar-refractivity contribution is -0.153. The molecule has 9 nitrogen and oxygen atoms in total. The lowest BCUT2D eigenvalue weighted by Crippen LogP contribution is -2.53. The Balaban J connectivity index is 1.53. The molecule has 40 heavy (non-hydrogen) atoms. The van der Waals surface area contributed by atoms with Gasteiger partial charge in [-0.1, -0.05) is 38.1 Å². The number of rotatable bonds is 6. The number of allylic oxidation sites excluding steroid dienone is 1. The van der Waals surface area contributed by atoms with Gasteiger partial charge in [-0.15, -0.1) is 23.1 Å². The zero-order valence-corrected chi connectivity index (χ0v) is 24.5. The number of hydrogen-bond donors (Lipinski definition) is 2. The van der Waals surface area contributed by atoms with Crippen LogP contribution in [0.15, 0.2) is 46.8 Å². The summed E-state index contributed by atoms with van der Waals surface area (Å²) in [6, 6.07) is 6.26. The Hall–Kier alpha value is -3.31. The SMILES string of the molecule is CC(C)[C@@H]1NC(=O)[C@]2(C)CSC(=N2)c2csc(n2)CCC(=O)C[C@@H](/C=C/CC(=O)Cc2ccccc2N)OC1=O. The Labute approximate surface area is 242 Å². The van der Waals surface area contributed by atoms with Crippen molar-refractivity contribution in [2.75, 3.05) is 11.5 Å². The molecular weight excluding hydrogens is 548 g/mol. The molecule has 0 saturated carbocycles. The highest BCUT2D eigenvalue weighted by Gasteiger charge is 2.41. The number of fused-ring (bicyclic) bond motifs is 4. The molecule has 0 radical (unpaired) electrons. The molecule has 1 aromatic carbocycles. The normalized spacial score (nSPS) is 24.2. The standard InChI is InChI=1S/C29H34N4O5S2/c1-17(2)25-27(36)38-21(9-6-8-19(34)13-18-7-4-5-10-22(18)30)14-20(35)11-12-24-31-23(15-39-24)26-33-29(3,16-40-26)28(37)32-25/h4-7,9-10,15,17,21,25H,8,11-14,16,30H2,1-3H3,(H,32,37)/b9-6+/t21-,25+,29+/m1/s1. The fourth-order valence-electron chi connectivity index (χ4n) is 4.34. The minimum Gasteiger partial charge on any atom is -0.456 e. The van der Waals surface area contributed by atoms with Crippen molar-refractivity contribution in [3.05, 3.63) is 58.1 Å². The van der Waals surface area contributed by atoms with Gasteiger partial charge in [0, 0.05) is 48.9 Å². The lowest BCUT2D eigenvalue weighted by atomic mass is 10.00. The minimum atomic E-state index is -1.05. The van der Waals surface area contributed by atoms with Crippen molar-refractivity contribution in [1.29, 1.82) is 0 Å². The Bertz CT molecular complexity index is 1350. The molecule has 1 aromatic heterocycles. The van der Waals surface area contributed by atoms with Crippen LogP contribution >= 0.6 is 23.1 Å². The van der Waals surface area contributed by atoms with Gasteiger partial charge in [0.25, 0.3) is 0 Å². The second-order valence-corrected chi connectivity index (χ2v) is 12.5. The van der Waals surface area contributed by atoms with E-state index in [2.05, 4.69) is 15.3 Å². The third kappa shape index (κ3) is 7.45. The molecule has 2 aliphatic rings. The number of cyclic esters (lactones) is 1. The molecule has 3 atom stereocenters. The number of aliphatic imine (C=N–C) groups is 1. The quantitative estimate of drug-likeness (QED) is 0.299. The number of hydrogen-bond acceptors (Lipinski definition) is 10. The van der Waals surface area contributed by atoms with Crippen molar-refractivity contribution in [2.24, 2.45) is 10.9 Å². The van der Waals surface area contributed by atoms with Crippen LogP contribution in [0.3, 0.4) is 0 Å². The molecule has 0 aliphatic carbocycles. The summed E-state index contributed by atoms with van der Waals surface area (Å²) in [4.78, 5) is 61.3. The fraction of sp³-hybridized carbons (Fsp3) is 0.448. The fourth-order valence-corrected chi connectivity index (χ4v) is 6.33. The van der Waals surface area contributed by atoms with E-state index in [1.807, 2.05) is 37.4 Å². The first-order valence-electron chi connectivity index (χ1n) is 13.3. The third-order valence-electron chi connectivity index (χ3n) is 6.76. The molecule has 1 amide bonds. The van der Waals surface area contributed by atoms with Gasteiger partial charge in [-0.25, -0.2) is 9.78 Å². The number of thiazole rings is 1. The Morgan fingerprint density at radius 3 is 2.77 bits per heavy atom. The Morgan fingerprint density at radius 2 is 2.02 bits per heavy atom. The molecule has 212 valence electrons. The molecule has 0 saturated heterocycles. The topological polar surface area (TPSA) is 141 Å². The van der Waals surface area contributed by atoms with Crippen LogP contribution in [-0.2, 0) is 36.8 Å². The smallest absolute Gasteiger partial charge is 0.329 e. The van der Waals surface area contributed by atoms with E-state index in [0.717, 1.165) is 10.6 Å². The Morgan fingerprint density at radius 1 is 1.25 bits per heavy atom. The minimum absolute atomic E-state index is 0.0423. The number of aryl methyl sites for hydroxylation is 1. The number of nitrogen functional groups attached to an aromatic ring is 1. The molecule has 2 aromatic rings. The first-order chi connectivity index (χ1) is 19.0. The van der Waals surface area contributed by atoms with E-state index >= 15 is 0 Å². The van der Waals surface area contributed by atoms with Gasteiger partial charge in [-0.2, -0.15) is 0 Å². The first-order valence-corrected chi connectivity index (χ1v) is 15.1. The second-order valence-electron chi connectivity index (χ2n) is 10.6. The summed E-state index contributed by atoms with van der Waals surface area (Å²) in [5.41, 5.74) is 6.90. The predicted molar refractivity (Wildman–Crippen MR) is 157 cm³/mol. The summed E-state index contributed by atoms with van der Waals surface area (Å²) in [5, 5.41) is 6.20. The molecule has 0 unspecified atom stereocenters. The third-order valence-corrected chi connectivity index (χ3v) is 8.95. The van der Waals surface area contributed by atoms with Crippen molar-refractivity contribution in [3.8, 4) is 0 Å². The van der Waals surface area contributed by atoms with Gasteiger partial charge in [0.1, 0.15) is 40.0 Å². The van der Waals surface area contributed by atoms with Gasteiger partial charge in [-0.05, 0) is 30.5 Å². The molecule has 4 bridgehead atoms. The van der Waals surface area contributed by atoms with E-state index in [0.29, 0.717) is 28.6 Å². The van der Waals surface area contributed by atoms with Crippen LogP contribution in [0.5, 0.6) is 0 Å². The van der Waals surface area contributed by atoms with E-state index in [9.17, 15) is 19.2 Å². The number of nitrogens with two attached hydrogens (primary N) is 1. The van der Waals surface area contributed by atoms with E-state index < -0.39 is 23.7 Å². The number of para-hydroxylation sites is 1. The van der Waals surface area contributed by atoms with Crippen molar-refractivity contribution in [2.45, 2.75) is 70.6 Å². The summed E-state index contributed by atoms with van der Waals surface area (Å²) < 4.78 is 5.76. The van der Waals surface area contributed by atoms with Gasteiger partial charge in [0.05, 0.1) is 5.01 Å². The van der Waals surface area contributed by atoms with Crippen molar-refractivity contribution in [3.63, 3.8) is 0 Å². The average Bonchev–Trinajstić information content (AvgIpc) is 3.54. The zero-order valence-electron chi connectivity index (χ0n) is 22.8. The number of carbonyl (C=O) groups is 4. The van der Waals surface area contributed by atoms with Gasteiger partial charge < -0.3 is 15.8 Å². The second kappa shape index (κ2) is 12.9. The van der Waals surface area contributed by atoms with E-state index in [1.165, 1.54) is 23.1 Å². The summed E-state index contributed by atoms with van der Waals surface area (Å²) in [6.07, 6.45) is 3.25. The number of nitrogens with zero attached hydrogens (tertiary/aromatic N) is 2. The van der Waals surface area contributed by atoms with Crippen LogP contribution in [0.4, 0.5) is 5.69 Å². The number of nitrogens with one attached hydrogen (secondary N) is 1. The predicted octanol–water partition coefficient (Wildman–Crippen LogP) is 3.69. The monoisotopic (exact) mass is 582 g/mol. The molecule has 0 fully saturated rings. The number of ketones is 2. The summed E-state index contributed by atoms with van der Waals surface area (Å²) in [6.45, 7) is 5.36. The molecule has 3 N–H and O–H groups in total. The molecule has 4 rings (SSSR count). The lowest BCUT2D eigenvalue weighted by Gasteiger charge is -2.27. The van der Waals surface area contributed by atoms with Crippen molar-refractivity contribution >= 4 is 57.3 Å². The maximum Gasteiger partial charge on any atom is 0.329 e. The van der Waals surface area contributed by atoms with Crippen LogP contribution in [-0.4, -0.2) is 56.9 Å². The van der Waals surface area contributed by atoms with Crippen LogP contribution in [0.1, 0.15) is 56.3 Å². The molecule has 3 heterocycles. The maximum absolute atomic E-state index is 13.3. The van der Waals surface area contributed by atoms with E-state index in [-0.39, 0.29) is 49.1 Å². The van der Waals surface area contributed by atoms with E-state index in [1.54, 1.807) is 25.1 Å². The number of Topliss-reactive ketones (excluding diaryl/α,β-unsaturated/α-hetero) is 2. The van der Waals surface area contributed by atoms with Crippen molar-refractivity contribution < 1.29 is 23.9 Å². The molecule has 0 spiro atoms. The Kier molecular flexibility index (Phi) is 9.57. The van der Waals surface area contributed by atoms with Crippen LogP contribution < -0.4 is 11.1 Å². The highest BCUT2D eigenvalue weighted by atomic mass is 32.2. The first kappa shape index (κ1) is 29.7. The summed E-state index contributed by atoms with van der Waals surface area (Å²) in [7, 11) is 0. The summed E-state index contributed by atoms with van der Waals surface area (Å²) >= 11 is 2.90. The van der Waals surface area contributed by atoms with Crippen LogP contribution in [0.25, 0.3) is 0 Å². The average molecular weight is 583 g/mol. The summed E-state index contributed by atoms with van der Waals surface area (Å²) in [5.74, 6) is -1.01. The van der Waals surface area contributed by atoms with Gasteiger partial charge in [-0.3, -0.25) is 19.4 Å². The number of aromatic nitrogens is 1. The number of anilines is 1. The molecule has 2 aliphatic heterocycles. The number of carbonyl (C=O) groups excluding carboxylic acids is 4. The largest absolute Gasteiger partial charge is 0.456 e. The number of esters is 1. The van der Waals surface area contributed by atoms with Gasteiger partial charge in [0.2, 0.25) is 5.91 Å². The number of ether oxygens (including phenoxy) is 1. The highest BCUT2D eigenvalue weighted by Crippen LogP contribution is 2.32.